The summed E-state index contributed by atoms with van der Waals surface area (Å²) < 4.78 is 5.70. The first-order chi connectivity index (χ1) is 14.5. The highest BCUT2D eigenvalue weighted by Crippen LogP contribution is 2.32. The third kappa shape index (κ3) is 4.42. The van der Waals surface area contributed by atoms with Gasteiger partial charge in [-0.3, -0.25) is 14.7 Å². The molecule has 0 aliphatic rings. The number of amides is 1. The van der Waals surface area contributed by atoms with Crippen LogP contribution in [0.2, 0.25) is 0 Å². The van der Waals surface area contributed by atoms with E-state index in [4.69, 9.17) is 4.42 Å². The Kier molecular flexibility index (Phi) is 5.91. The van der Waals surface area contributed by atoms with Gasteiger partial charge in [0.05, 0.1) is 11.4 Å². The third-order valence-electron chi connectivity index (χ3n) is 4.47. The molecule has 1 aromatic carbocycles. The van der Waals surface area contributed by atoms with Gasteiger partial charge in [0.2, 0.25) is 11.8 Å². The second-order valence-corrected chi connectivity index (χ2v) is 8.41. The molecule has 3 aromatic heterocycles. The van der Waals surface area contributed by atoms with Gasteiger partial charge in [-0.05, 0) is 49.2 Å². The second-order valence-electron chi connectivity index (χ2n) is 6.64. The van der Waals surface area contributed by atoms with E-state index in [2.05, 4.69) is 20.2 Å². The van der Waals surface area contributed by atoms with Gasteiger partial charge in [-0.1, -0.05) is 17.8 Å². The molecule has 0 unspecified atom stereocenters. The van der Waals surface area contributed by atoms with Crippen LogP contribution in [0.4, 0.5) is 10.8 Å². The largest absolute Gasteiger partial charge is 0.411 e. The molecule has 30 heavy (non-hydrogen) atoms. The third-order valence-corrected chi connectivity index (χ3v) is 6.20. The molecule has 1 amide bonds. The highest BCUT2D eigenvalue weighted by molar-refractivity contribution is 7.98. The highest BCUT2D eigenvalue weighted by atomic mass is 32.2. The van der Waals surface area contributed by atoms with Crippen molar-refractivity contribution in [1.82, 2.24) is 20.2 Å². The number of rotatable bonds is 6. The lowest BCUT2D eigenvalue weighted by atomic mass is 10.1. The lowest BCUT2D eigenvalue weighted by Crippen LogP contribution is -2.22. The average molecular weight is 438 g/mol. The fourth-order valence-corrected chi connectivity index (χ4v) is 4.42. The maximum absolute atomic E-state index is 12.3. The minimum atomic E-state index is -0.0781. The lowest BCUT2D eigenvalue weighted by molar-refractivity contribution is -0.115. The summed E-state index contributed by atoms with van der Waals surface area (Å²) in [6.45, 7) is 5.63. The molecule has 0 fully saturated rings. The van der Waals surface area contributed by atoms with Gasteiger partial charge in [-0.2, -0.15) is 0 Å². The Hall–Kier alpha value is -3.04. The molecule has 0 N–H and O–H groups in total. The molecule has 4 rings (SSSR count). The van der Waals surface area contributed by atoms with Crippen LogP contribution in [-0.4, -0.2) is 26.1 Å². The standard InChI is InChI=1S/C21H19N5O2S2/c1-13-4-5-18(10-14(13)2)26(15(3)27)20-23-17(11-29-20)12-30-21-25-24-19(28-21)16-6-8-22-9-7-16/h4-11H,12H2,1-3H3. The highest BCUT2D eigenvalue weighted by Gasteiger charge is 2.19. The van der Waals surface area contributed by atoms with E-state index >= 15 is 0 Å². The molecule has 0 aliphatic carbocycles. The molecule has 9 heteroatoms. The number of aromatic nitrogens is 4. The van der Waals surface area contributed by atoms with E-state index in [9.17, 15) is 4.79 Å². The van der Waals surface area contributed by atoms with E-state index in [1.807, 2.05) is 49.6 Å². The van der Waals surface area contributed by atoms with Gasteiger partial charge >= 0.3 is 0 Å². The van der Waals surface area contributed by atoms with E-state index in [0.29, 0.717) is 22.0 Å². The van der Waals surface area contributed by atoms with Crippen molar-refractivity contribution in [2.24, 2.45) is 0 Å². The molecule has 0 saturated carbocycles. The summed E-state index contributed by atoms with van der Waals surface area (Å²) in [6.07, 6.45) is 3.36. The van der Waals surface area contributed by atoms with Gasteiger partial charge in [0, 0.05) is 36.0 Å². The molecule has 3 heterocycles. The van der Waals surface area contributed by atoms with E-state index in [1.165, 1.54) is 28.7 Å². The molecule has 4 aromatic rings. The fourth-order valence-electron chi connectivity index (χ4n) is 2.77. The minimum Gasteiger partial charge on any atom is -0.411 e. The Morgan fingerprint density at radius 2 is 1.93 bits per heavy atom. The monoisotopic (exact) mass is 437 g/mol. The average Bonchev–Trinajstić information content (AvgIpc) is 3.39. The van der Waals surface area contributed by atoms with Crippen molar-refractivity contribution in [3.8, 4) is 11.5 Å². The number of nitrogens with zero attached hydrogens (tertiary/aromatic N) is 5. The fraction of sp³-hybridized carbons (Fsp3) is 0.190. The summed E-state index contributed by atoms with van der Waals surface area (Å²) in [7, 11) is 0. The Morgan fingerprint density at radius 1 is 1.13 bits per heavy atom. The Labute approximate surface area is 182 Å². The van der Waals surface area contributed by atoms with Crippen molar-refractivity contribution < 1.29 is 9.21 Å². The zero-order chi connectivity index (χ0) is 21.1. The molecular formula is C21H19N5O2S2. The Morgan fingerprint density at radius 3 is 2.67 bits per heavy atom. The van der Waals surface area contributed by atoms with Gasteiger partial charge in [0.15, 0.2) is 5.13 Å². The van der Waals surface area contributed by atoms with Crippen LogP contribution in [0.25, 0.3) is 11.5 Å². The van der Waals surface area contributed by atoms with Gasteiger partial charge < -0.3 is 4.42 Å². The first kappa shape index (κ1) is 20.2. The topological polar surface area (TPSA) is 85.0 Å². The van der Waals surface area contributed by atoms with E-state index in [0.717, 1.165) is 22.5 Å². The number of benzene rings is 1. The molecule has 7 nitrogen and oxygen atoms in total. The molecule has 0 atom stereocenters. The van der Waals surface area contributed by atoms with Crippen LogP contribution in [0.1, 0.15) is 23.7 Å². The summed E-state index contributed by atoms with van der Waals surface area (Å²) in [5.74, 6) is 0.940. The first-order valence-corrected chi connectivity index (χ1v) is 11.1. The zero-order valence-electron chi connectivity index (χ0n) is 16.7. The van der Waals surface area contributed by atoms with Crippen LogP contribution in [0, 0.1) is 13.8 Å². The van der Waals surface area contributed by atoms with Gasteiger partial charge in [0.1, 0.15) is 0 Å². The number of thiazole rings is 1. The summed E-state index contributed by atoms with van der Waals surface area (Å²) >= 11 is 2.84. The maximum Gasteiger partial charge on any atom is 0.277 e. The van der Waals surface area contributed by atoms with Crippen LogP contribution in [0.5, 0.6) is 0 Å². The lowest BCUT2D eigenvalue weighted by Gasteiger charge is -2.19. The summed E-state index contributed by atoms with van der Waals surface area (Å²) in [5.41, 5.74) is 4.80. The number of thioether (sulfide) groups is 1. The number of carbonyl (C=O) groups is 1. The van der Waals surface area contributed by atoms with Crippen molar-refractivity contribution in [2.75, 3.05) is 4.90 Å². The van der Waals surface area contributed by atoms with Gasteiger partial charge in [-0.15, -0.1) is 21.5 Å². The van der Waals surface area contributed by atoms with Crippen LogP contribution in [0.15, 0.2) is 57.7 Å². The predicted molar refractivity (Wildman–Crippen MR) is 118 cm³/mol. The van der Waals surface area contributed by atoms with Crippen LogP contribution in [-0.2, 0) is 10.5 Å². The van der Waals surface area contributed by atoms with Crippen LogP contribution in [0.3, 0.4) is 0 Å². The van der Waals surface area contributed by atoms with E-state index < -0.39 is 0 Å². The summed E-state index contributed by atoms with van der Waals surface area (Å²) in [4.78, 5) is 22.6. The number of hydrogen-bond donors (Lipinski definition) is 0. The van der Waals surface area contributed by atoms with Crippen molar-refractivity contribution >= 4 is 39.8 Å². The van der Waals surface area contributed by atoms with Crippen LogP contribution >= 0.6 is 23.1 Å². The number of hydrogen-bond acceptors (Lipinski definition) is 8. The van der Waals surface area contributed by atoms with E-state index in [1.54, 1.807) is 24.2 Å². The SMILES string of the molecule is CC(=O)N(c1ccc(C)c(C)c1)c1nc(CSc2nnc(-c3ccncc3)o2)cs1. The van der Waals surface area contributed by atoms with Crippen molar-refractivity contribution in [1.29, 1.82) is 0 Å². The predicted octanol–water partition coefficient (Wildman–Crippen LogP) is 5.18. The Bertz CT molecular complexity index is 1170. The minimum absolute atomic E-state index is 0.0781. The molecule has 0 saturated heterocycles. The van der Waals surface area contributed by atoms with Crippen molar-refractivity contribution in [3.05, 3.63) is 64.9 Å². The molecule has 0 bridgehead atoms. The van der Waals surface area contributed by atoms with Crippen molar-refractivity contribution in [3.63, 3.8) is 0 Å². The number of carbonyl (C=O) groups excluding carboxylic acids is 1. The molecule has 0 radical (unpaired) electrons. The number of anilines is 2. The summed E-state index contributed by atoms with van der Waals surface area (Å²) in [5, 5.41) is 11.2. The number of pyridine rings is 1. The number of aryl methyl sites for hydroxylation is 2. The van der Waals surface area contributed by atoms with Crippen LogP contribution < -0.4 is 4.90 Å². The molecule has 0 spiro atoms. The first-order valence-electron chi connectivity index (χ1n) is 9.20. The molecule has 152 valence electrons. The van der Waals surface area contributed by atoms with Crippen molar-refractivity contribution in [2.45, 2.75) is 31.7 Å². The zero-order valence-corrected chi connectivity index (χ0v) is 18.3. The van der Waals surface area contributed by atoms with Gasteiger partial charge in [0.25, 0.3) is 5.22 Å². The van der Waals surface area contributed by atoms with Gasteiger partial charge in [-0.25, -0.2) is 4.98 Å². The Balaban J connectivity index is 1.47. The maximum atomic E-state index is 12.3. The second kappa shape index (κ2) is 8.76. The quantitative estimate of drug-likeness (QED) is 0.384. The van der Waals surface area contributed by atoms with E-state index in [-0.39, 0.29) is 5.91 Å². The normalized spacial score (nSPS) is 10.9. The molecular weight excluding hydrogens is 418 g/mol. The summed E-state index contributed by atoms with van der Waals surface area (Å²) in [6, 6.07) is 9.60. The smallest absolute Gasteiger partial charge is 0.277 e. The molecule has 0 aliphatic heterocycles.